The van der Waals surface area contributed by atoms with Gasteiger partial charge in [0.2, 0.25) is 5.91 Å². The Balaban J connectivity index is 1.63. The van der Waals surface area contributed by atoms with E-state index in [1.165, 1.54) is 31.4 Å². The minimum Gasteiger partial charge on any atom is -0.496 e. The second-order valence-electron chi connectivity index (χ2n) is 7.35. The predicted molar refractivity (Wildman–Crippen MR) is 113 cm³/mol. The number of primary amides is 1. The number of ether oxygens (including phenoxy) is 3. The summed E-state index contributed by atoms with van der Waals surface area (Å²) in [5.41, 5.74) is 6.65. The van der Waals surface area contributed by atoms with Crippen molar-refractivity contribution in [3.63, 3.8) is 0 Å². The van der Waals surface area contributed by atoms with Crippen molar-refractivity contribution in [3.8, 4) is 11.5 Å². The smallest absolute Gasteiger partial charge is 0.252 e. The highest BCUT2D eigenvalue weighted by Crippen LogP contribution is 2.37. The largest absolute Gasteiger partial charge is 0.496 e. The number of nitrogens with two attached hydrogens (primary N) is 1. The number of likely N-dealkylation sites (tertiary alicyclic amines) is 1. The molecule has 31 heavy (non-hydrogen) atoms. The van der Waals surface area contributed by atoms with Crippen LogP contribution < -0.4 is 15.2 Å². The van der Waals surface area contributed by atoms with Gasteiger partial charge in [-0.05, 0) is 36.8 Å². The summed E-state index contributed by atoms with van der Waals surface area (Å²) in [4.78, 5) is 26.2. The van der Waals surface area contributed by atoms with Gasteiger partial charge in [0.25, 0.3) is 5.91 Å². The molecule has 0 saturated carbocycles. The van der Waals surface area contributed by atoms with Gasteiger partial charge in [-0.15, -0.1) is 0 Å². The topological polar surface area (TPSA) is 91.1 Å². The first-order chi connectivity index (χ1) is 14.9. The van der Waals surface area contributed by atoms with Crippen LogP contribution in [0.3, 0.4) is 0 Å². The predicted octanol–water partition coefficient (Wildman–Crippen LogP) is 2.73. The van der Waals surface area contributed by atoms with Gasteiger partial charge >= 0.3 is 0 Å². The summed E-state index contributed by atoms with van der Waals surface area (Å²) < 4.78 is 29.7. The molecule has 0 bridgehead atoms. The number of piperidine rings is 1. The summed E-state index contributed by atoms with van der Waals surface area (Å²) in [6, 6.07) is 11.0. The molecule has 0 spiro atoms. The Morgan fingerprint density at radius 3 is 2.55 bits per heavy atom. The molecule has 1 fully saturated rings. The quantitative estimate of drug-likeness (QED) is 0.695. The fourth-order valence-electron chi connectivity index (χ4n) is 3.95. The van der Waals surface area contributed by atoms with Gasteiger partial charge in [-0.3, -0.25) is 9.59 Å². The summed E-state index contributed by atoms with van der Waals surface area (Å²) >= 11 is 0. The molecule has 2 aromatic rings. The molecule has 1 aliphatic heterocycles. The Bertz CT molecular complexity index is 919. The molecular formula is C23H27FN2O5. The van der Waals surface area contributed by atoms with Crippen molar-refractivity contribution < 1.29 is 28.2 Å². The van der Waals surface area contributed by atoms with Crippen molar-refractivity contribution in [1.82, 2.24) is 4.90 Å². The second-order valence-corrected chi connectivity index (χ2v) is 7.35. The fraction of sp³-hybridized carbons (Fsp3) is 0.391. The molecule has 166 valence electrons. The molecule has 3 rings (SSSR count). The van der Waals surface area contributed by atoms with E-state index in [1.54, 1.807) is 24.1 Å². The highest BCUT2D eigenvalue weighted by molar-refractivity contribution is 5.96. The van der Waals surface area contributed by atoms with Gasteiger partial charge in [-0.25, -0.2) is 4.39 Å². The summed E-state index contributed by atoms with van der Waals surface area (Å²) in [5.74, 6) is -0.00538. The number of carbonyl (C=O) groups is 2. The van der Waals surface area contributed by atoms with Crippen LogP contribution in [0.5, 0.6) is 11.5 Å². The lowest BCUT2D eigenvalue weighted by molar-refractivity contribution is -0.135. The van der Waals surface area contributed by atoms with Crippen molar-refractivity contribution >= 4 is 11.8 Å². The first-order valence-electron chi connectivity index (χ1n) is 10.1. The summed E-state index contributed by atoms with van der Waals surface area (Å²) in [5, 5.41) is 0. The molecule has 2 unspecified atom stereocenters. The van der Waals surface area contributed by atoms with Crippen molar-refractivity contribution in [2.24, 2.45) is 5.73 Å². The number of amides is 2. The molecule has 0 aliphatic carbocycles. The zero-order valence-corrected chi connectivity index (χ0v) is 17.7. The van der Waals surface area contributed by atoms with Crippen LogP contribution in [0.1, 0.15) is 34.7 Å². The summed E-state index contributed by atoms with van der Waals surface area (Å²) in [6.07, 6.45) is 0.605. The normalized spacial score (nSPS) is 18.5. The number of halogens is 1. The molecule has 2 amide bonds. The Labute approximate surface area is 180 Å². The van der Waals surface area contributed by atoms with Crippen molar-refractivity contribution in [3.05, 3.63) is 59.4 Å². The minimum absolute atomic E-state index is 0.0412. The van der Waals surface area contributed by atoms with Crippen molar-refractivity contribution in [2.75, 3.05) is 33.9 Å². The Kier molecular flexibility index (Phi) is 7.46. The molecule has 2 atom stereocenters. The Hall–Kier alpha value is -3.13. The monoisotopic (exact) mass is 430 g/mol. The van der Waals surface area contributed by atoms with E-state index in [-0.39, 0.29) is 36.8 Å². The van der Waals surface area contributed by atoms with E-state index in [4.69, 9.17) is 19.9 Å². The van der Waals surface area contributed by atoms with Gasteiger partial charge in [0.05, 0.1) is 31.8 Å². The lowest BCUT2D eigenvalue weighted by Gasteiger charge is -2.38. The number of nitrogens with zero attached hydrogens (tertiary/aromatic N) is 1. The molecule has 2 N–H and O–H groups in total. The number of hydrogen-bond acceptors (Lipinski definition) is 5. The molecule has 0 aromatic heterocycles. The van der Waals surface area contributed by atoms with Gasteiger partial charge < -0.3 is 24.8 Å². The summed E-state index contributed by atoms with van der Waals surface area (Å²) in [6.45, 7) is 1.17. The molecule has 8 heteroatoms. The third-order valence-electron chi connectivity index (χ3n) is 5.53. The third-order valence-corrected chi connectivity index (χ3v) is 5.53. The highest BCUT2D eigenvalue weighted by atomic mass is 19.1. The molecular weight excluding hydrogens is 403 g/mol. The van der Waals surface area contributed by atoms with E-state index < -0.39 is 5.91 Å². The SMILES string of the molecule is COc1c(C(N)=O)cccc1C1CCN(C(=O)CCOc2ccc(F)cc2)CC1OC. The molecule has 1 saturated heterocycles. The van der Waals surface area contributed by atoms with E-state index in [2.05, 4.69) is 0 Å². The average Bonchev–Trinajstić information content (AvgIpc) is 2.79. The van der Waals surface area contributed by atoms with Crippen LogP contribution >= 0.6 is 0 Å². The lowest BCUT2D eigenvalue weighted by atomic mass is 9.85. The standard InChI is InChI=1S/C23H27FN2O5/c1-29-20-14-26(21(27)11-13-31-16-8-6-15(24)7-9-16)12-10-17(20)18-4-3-5-19(23(25)28)22(18)30-2/h3-9,17,20H,10-14H2,1-2H3,(H2,25,28). The average molecular weight is 430 g/mol. The number of carbonyl (C=O) groups excluding carboxylic acids is 2. The maximum Gasteiger partial charge on any atom is 0.252 e. The maximum absolute atomic E-state index is 13.0. The Morgan fingerprint density at radius 2 is 1.90 bits per heavy atom. The first kappa shape index (κ1) is 22.6. The first-order valence-corrected chi connectivity index (χ1v) is 10.1. The van der Waals surface area contributed by atoms with E-state index in [9.17, 15) is 14.0 Å². The molecule has 1 heterocycles. The third kappa shape index (κ3) is 5.32. The van der Waals surface area contributed by atoms with Crippen LogP contribution in [-0.2, 0) is 9.53 Å². The maximum atomic E-state index is 13.0. The van der Waals surface area contributed by atoms with Crippen LogP contribution in [-0.4, -0.2) is 56.7 Å². The van der Waals surface area contributed by atoms with Crippen molar-refractivity contribution in [1.29, 1.82) is 0 Å². The number of para-hydroxylation sites is 1. The number of benzene rings is 2. The highest BCUT2D eigenvalue weighted by Gasteiger charge is 2.34. The van der Waals surface area contributed by atoms with Crippen LogP contribution in [0.25, 0.3) is 0 Å². The minimum atomic E-state index is -0.554. The zero-order valence-electron chi connectivity index (χ0n) is 17.7. The Morgan fingerprint density at radius 1 is 1.16 bits per heavy atom. The van der Waals surface area contributed by atoms with Gasteiger partial charge in [-0.2, -0.15) is 0 Å². The van der Waals surface area contributed by atoms with Crippen LogP contribution in [0, 0.1) is 5.82 Å². The molecule has 1 aliphatic rings. The molecule has 2 aromatic carbocycles. The van der Waals surface area contributed by atoms with Crippen LogP contribution in [0.15, 0.2) is 42.5 Å². The van der Waals surface area contributed by atoms with Gasteiger partial charge in [0.1, 0.15) is 17.3 Å². The van der Waals surface area contributed by atoms with E-state index in [0.717, 1.165) is 5.56 Å². The summed E-state index contributed by atoms with van der Waals surface area (Å²) in [7, 11) is 3.11. The van der Waals surface area contributed by atoms with Gasteiger partial charge in [-0.1, -0.05) is 12.1 Å². The van der Waals surface area contributed by atoms with Gasteiger partial charge in [0.15, 0.2) is 0 Å². The van der Waals surface area contributed by atoms with Crippen molar-refractivity contribution in [2.45, 2.75) is 24.9 Å². The number of hydrogen-bond donors (Lipinski definition) is 1. The zero-order chi connectivity index (χ0) is 22.4. The lowest BCUT2D eigenvalue weighted by Crippen LogP contribution is -2.46. The van der Waals surface area contributed by atoms with E-state index in [1.807, 2.05) is 6.07 Å². The number of rotatable bonds is 8. The molecule has 0 radical (unpaired) electrons. The van der Waals surface area contributed by atoms with E-state index in [0.29, 0.717) is 36.6 Å². The van der Waals surface area contributed by atoms with Crippen LogP contribution in [0.2, 0.25) is 0 Å². The number of methoxy groups -OCH3 is 2. The van der Waals surface area contributed by atoms with Gasteiger partial charge in [0, 0.05) is 31.7 Å². The second kappa shape index (κ2) is 10.3. The molecule has 7 nitrogen and oxygen atoms in total. The van der Waals surface area contributed by atoms with Crippen LogP contribution in [0.4, 0.5) is 4.39 Å². The fourth-order valence-corrected chi connectivity index (χ4v) is 3.95. The van der Waals surface area contributed by atoms with E-state index >= 15 is 0 Å².